The lowest BCUT2D eigenvalue weighted by molar-refractivity contribution is -0.141. The van der Waals surface area contributed by atoms with E-state index in [0.29, 0.717) is 32.5 Å². The molecule has 2 aromatic carbocycles. The highest BCUT2D eigenvalue weighted by molar-refractivity contribution is 5.92. The van der Waals surface area contributed by atoms with E-state index >= 15 is 0 Å². The summed E-state index contributed by atoms with van der Waals surface area (Å²) < 4.78 is 2.25. The second-order valence-electron chi connectivity index (χ2n) is 8.81. The average Bonchev–Trinajstić information content (AvgIpc) is 3.36. The van der Waals surface area contributed by atoms with Gasteiger partial charge in [-0.2, -0.15) is 0 Å². The lowest BCUT2D eigenvalue weighted by atomic mass is 9.92. The summed E-state index contributed by atoms with van der Waals surface area (Å²) in [6.07, 6.45) is 7.01. The molecule has 0 N–H and O–H groups in total. The second kappa shape index (κ2) is 9.49. The van der Waals surface area contributed by atoms with E-state index in [4.69, 9.17) is 0 Å². The van der Waals surface area contributed by atoms with E-state index in [9.17, 15) is 9.59 Å². The Morgan fingerprint density at radius 3 is 2.21 bits per heavy atom. The molecule has 3 aromatic rings. The van der Waals surface area contributed by atoms with Crippen LogP contribution in [-0.4, -0.2) is 45.8 Å². The fourth-order valence-electron chi connectivity index (χ4n) is 5.03. The number of rotatable bonds is 4. The van der Waals surface area contributed by atoms with E-state index in [1.54, 1.807) is 6.08 Å². The normalized spacial score (nSPS) is 19.0. The molecule has 5 nitrogen and oxygen atoms in total. The monoisotopic (exact) mass is 439 g/mol. The van der Waals surface area contributed by atoms with E-state index in [1.807, 2.05) is 59.5 Å². The minimum Gasteiger partial charge on any atom is -0.348 e. The zero-order valence-electron chi connectivity index (χ0n) is 18.7. The SMILES string of the molecule is O=C(C=Cc1ccccc1)N1CCC(C(=O)N2CCn3cccc3C2c2ccccc2)CC1. The third kappa shape index (κ3) is 4.49. The average molecular weight is 440 g/mol. The maximum Gasteiger partial charge on any atom is 0.246 e. The van der Waals surface area contributed by atoms with Crippen molar-refractivity contribution in [3.05, 3.63) is 102 Å². The lowest BCUT2D eigenvalue weighted by Gasteiger charge is -2.40. The number of fused-ring (bicyclic) bond motifs is 1. The standard InChI is InChI=1S/C28H29N3O2/c32-26(14-13-22-8-3-1-4-9-22)30-18-15-24(16-19-30)28(33)31-21-20-29-17-7-12-25(29)27(31)23-10-5-2-6-11-23/h1-14,17,24,27H,15-16,18-21H2. The first-order valence-electron chi connectivity index (χ1n) is 11.7. The molecule has 0 saturated carbocycles. The highest BCUT2D eigenvalue weighted by Gasteiger charge is 2.36. The minimum absolute atomic E-state index is 0.0164. The van der Waals surface area contributed by atoms with Crippen LogP contribution in [0.4, 0.5) is 0 Å². The van der Waals surface area contributed by atoms with Gasteiger partial charge in [-0.3, -0.25) is 9.59 Å². The predicted octanol–water partition coefficient (Wildman–Crippen LogP) is 4.37. The molecule has 0 radical (unpaired) electrons. The fraction of sp³-hybridized carbons (Fsp3) is 0.286. The Morgan fingerprint density at radius 2 is 1.48 bits per heavy atom. The fourth-order valence-corrected chi connectivity index (χ4v) is 5.03. The molecule has 168 valence electrons. The zero-order chi connectivity index (χ0) is 22.6. The zero-order valence-corrected chi connectivity index (χ0v) is 18.7. The van der Waals surface area contributed by atoms with Crippen molar-refractivity contribution in [2.75, 3.05) is 19.6 Å². The Kier molecular flexibility index (Phi) is 6.11. The van der Waals surface area contributed by atoms with Gasteiger partial charge in [0.1, 0.15) is 0 Å². The van der Waals surface area contributed by atoms with Crippen LogP contribution in [0.15, 0.2) is 85.1 Å². The van der Waals surface area contributed by atoms with Crippen LogP contribution in [-0.2, 0) is 16.1 Å². The number of aromatic nitrogens is 1. The van der Waals surface area contributed by atoms with E-state index in [0.717, 1.165) is 17.7 Å². The summed E-state index contributed by atoms with van der Waals surface area (Å²) in [4.78, 5) is 30.2. The van der Waals surface area contributed by atoms with Gasteiger partial charge in [-0.05, 0) is 42.2 Å². The molecule has 1 aromatic heterocycles. The first kappa shape index (κ1) is 21.3. The van der Waals surface area contributed by atoms with Gasteiger partial charge in [0.25, 0.3) is 0 Å². The molecule has 3 heterocycles. The van der Waals surface area contributed by atoms with Crippen molar-refractivity contribution in [1.82, 2.24) is 14.4 Å². The molecule has 0 spiro atoms. The van der Waals surface area contributed by atoms with Gasteiger partial charge in [0.15, 0.2) is 0 Å². The van der Waals surface area contributed by atoms with Crippen molar-refractivity contribution in [3.63, 3.8) is 0 Å². The van der Waals surface area contributed by atoms with Gasteiger partial charge in [0.2, 0.25) is 11.8 Å². The van der Waals surface area contributed by atoms with Crippen LogP contribution < -0.4 is 0 Å². The molecule has 0 bridgehead atoms. The van der Waals surface area contributed by atoms with Crippen LogP contribution in [0.25, 0.3) is 6.08 Å². The number of likely N-dealkylation sites (tertiary alicyclic amines) is 1. The topological polar surface area (TPSA) is 45.6 Å². The molecular weight excluding hydrogens is 410 g/mol. The number of carbonyl (C=O) groups excluding carboxylic acids is 2. The number of hydrogen-bond donors (Lipinski definition) is 0. The summed E-state index contributed by atoms with van der Waals surface area (Å²) in [5.74, 6) is 0.186. The lowest BCUT2D eigenvalue weighted by Crippen LogP contribution is -2.48. The van der Waals surface area contributed by atoms with Crippen LogP contribution in [0.3, 0.4) is 0 Å². The Labute approximate surface area is 194 Å². The van der Waals surface area contributed by atoms with E-state index in [1.165, 1.54) is 5.69 Å². The van der Waals surface area contributed by atoms with Gasteiger partial charge in [0, 0.05) is 50.1 Å². The van der Waals surface area contributed by atoms with E-state index < -0.39 is 0 Å². The highest BCUT2D eigenvalue weighted by Crippen LogP contribution is 2.34. The number of hydrogen-bond acceptors (Lipinski definition) is 2. The molecule has 0 aliphatic carbocycles. The highest BCUT2D eigenvalue weighted by atomic mass is 16.2. The van der Waals surface area contributed by atoms with Crippen molar-refractivity contribution in [1.29, 1.82) is 0 Å². The van der Waals surface area contributed by atoms with Crippen molar-refractivity contribution >= 4 is 17.9 Å². The summed E-state index contributed by atoms with van der Waals surface area (Å²) in [7, 11) is 0. The molecule has 2 amide bonds. The number of benzene rings is 2. The molecular formula is C28H29N3O2. The Balaban J connectivity index is 1.26. The van der Waals surface area contributed by atoms with Crippen LogP contribution in [0.1, 0.15) is 35.7 Å². The van der Waals surface area contributed by atoms with Gasteiger partial charge in [-0.25, -0.2) is 0 Å². The summed E-state index contributed by atoms with van der Waals surface area (Å²) in [5, 5.41) is 0. The van der Waals surface area contributed by atoms with Crippen molar-refractivity contribution in [2.24, 2.45) is 5.92 Å². The summed E-state index contributed by atoms with van der Waals surface area (Å²) in [5.41, 5.74) is 3.32. The number of amides is 2. The third-order valence-electron chi connectivity index (χ3n) is 6.81. The van der Waals surface area contributed by atoms with E-state index in [-0.39, 0.29) is 23.8 Å². The number of piperidine rings is 1. The molecule has 1 unspecified atom stereocenters. The van der Waals surface area contributed by atoms with Crippen LogP contribution >= 0.6 is 0 Å². The molecule has 2 aliphatic rings. The quantitative estimate of drug-likeness (QED) is 0.567. The van der Waals surface area contributed by atoms with Crippen molar-refractivity contribution < 1.29 is 9.59 Å². The van der Waals surface area contributed by atoms with E-state index in [2.05, 4.69) is 39.9 Å². The number of nitrogens with zero attached hydrogens (tertiary/aromatic N) is 3. The largest absolute Gasteiger partial charge is 0.348 e. The predicted molar refractivity (Wildman–Crippen MR) is 129 cm³/mol. The first-order chi connectivity index (χ1) is 16.2. The van der Waals surface area contributed by atoms with Gasteiger partial charge in [-0.15, -0.1) is 0 Å². The van der Waals surface area contributed by atoms with Crippen LogP contribution in [0.5, 0.6) is 0 Å². The van der Waals surface area contributed by atoms with Gasteiger partial charge >= 0.3 is 0 Å². The molecule has 1 fully saturated rings. The Hall–Kier alpha value is -3.60. The molecule has 1 atom stereocenters. The molecule has 2 aliphatic heterocycles. The second-order valence-corrected chi connectivity index (χ2v) is 8.81. The molecule has 1 saturated heterocycles. The van der Waals surface area contributed by atoms with Gasteiger partial charge in [0.05, 0.1) is 6.04 Å². The van der Waals surface area contributed by atoms with Crippen LogP contribution in [0.2, 0.25) is 0 Å². The number of carbonyl (C=O) groups is 2. The van der Waals surface area contributed by atoms with Gasteiger partial charge in [-0.1, -0.05) is 60.7 Å². The summed E-state index contributed by atoms with van der Waals surface area (Å²) >= 11 is 0. The molecule has 33 heavy (non-hydrogen) atoms. The summed E-state index contributed by atoms with van der Waals surface area (Å²) in [6, 6.07) is 24.3. The van der Waals surface area contributed by atoms with Gasteiger partial charge < -0.3 is 14.4 Å². The first-order valence-corrected chi connectivity index (χ1v) is 11.7. The minimum atomic E-state index is -0.0593. The Morgan fingerprint density at radius 1 is 0.788 bits per heavy atom. The summed E-state index contributed by atoms with van der Waals surface area (Å²) in [6.45, 7) is 2.77. The molecule has 5 heteroatoms. The Bertz CT molecular complexity index is 1130. The third-order valence-corrected chi connectivity index (χ3v) is 6.81. The maximum absolute atomic E-state index is 13.7. The molecule has 5 rings (SSSR count). The van der Waals surface area contributed by atoms with Crippen molar-refractivity contribution in [2.45, 2.75) is 25.4 Å². The maximum atomic E-state index is 13.7. The van der Waals surface area contributed by atoms with Crippen LogP contribution in [0, 0.1) is 5.92 Å². The van der Waals surface area contributed by atoms with Crippen molar-refractivity contribution in [3.8, 4) is 0 Å². The smallest absolute Gasteiger partial charge is 0.246 e.